The first-order valence-electron chi connectivity index (χ1n) is 2.90. The molecule has 0 aromatic rings. The molecule has 1 unspecified atom stereocenters. The average molecular weight is 118 g/mol. The van der Waals surface area contributed by atoms with Crippen LogP contribution in [0, 0.1) is 5.92 Å². The van der Waals surface area contributed by atoms with Crippen LogP contribution in [-0.4, -0.2) is 18.2 Å². The molecule has 0 aromatic heterocycles. The maximum absolute atomic E-state index is 5.02. The van der Waals surface area contributed by atoms with Crippen LogP contribution in [0.25, 0.3) is 0 Å². The molecule has 0 radical (unpaired) electrons. The minimum Gasteiger partial charge on any atom is -0.412 e. The lowest BCUT2D eigenvalue weighted by Gasteiger charge is -1.95. The Kier molecular flexibility index (Phi) is 3.02. The van der Waals surface area contributed by atoms with Gasteiger partial charge in [0.25, 0.3) is 0 Å². The number of epoxide rings is 1. The van der Waals surface area contributed by atoms with Crippen molar-refractivity contribution in [2.24, 2.45) is 5.92 Å². The Morgan fingerprint density at radius 3 is 2.25 bits per heavy atom. The molecule has 1 atom stereocenters. The van der Waals surface area contributed by atoms with Crippen molar-refractivity contribution in [3.63, 3.8) is 0 Å². The van der Waals surface area contributed by atoms with Gasteiger partial charge in [-0.05, 0) is 12.3 Å². The lowest BCUT2D eigenvalue weighted by atomic mass is 10.1. The van der Waals surface area contributed by atoms with Gasteiger partial charge in [0.15, 0.2) is 0 Å². The van der Waals surface area contributed by atoms with Crippen LogP contribution < -0.4 is 0 Å². The molecule has 0 amide bonds. The highest BCUT2D eigenvalue weighted by atomic mass is 16.6. The van der Waals surface area contributed by atoms with Gasteiger partial charge in [0, 0.05) is 0 Å². The van der Waals surface area contributed by atoms with E-state index in [1.54, 1.807) is 0 Å². The highest BCUT2D eigenvalue weighted by Gasteiger charge is 2.22. The highest BCUT2D eigenvalue weighted by Crippen LogP contribution is 2.17. The molecule has 1 aliphatic rings. The van der Waals surface area contributed by atoms with Crippen LogP contribution >= 0.6 is 0 Å². The second kappa shape index (κ2) is 3.05. The molecule has 0 saturated carbocycles. The van der Waals surface area contributed by atoms with Crippen LogP contribution in [-0.2, 0) is 4.74 Å². The third-order valence-corrected chi connectivity index (χ3v) is 1.14. The fourth-order valence-corrected chi connectivity index (χ4v) is 0.730. The fraction of sp³-hybridized carbons (Fsp3) is 1.00. The standard InChI is InChI=1S/C6H12O.H2O/c1-5(2)3-6-4-7-6;/h5-6H,3-4H2,1-2H3;1H2. The molecule has 50 valence electrons. The summed E-state index contributed by atoms with van der Waals surface area (Å²) in [7, 11) is 0. The Bertz CT molecular complexity index is 57.5. The van der Waals surface area contributed by atoms with Crippen molar-refractivity contribution in [2.75, 3.05) is 6.61 Å². The van der Waals surface area contributed by atoms with E-state index >= 15 is 0 Å². The molecule has 1 fully saturated rings. The van der Waals surface area contributed by atoms with Crippen LogP contribution in [0.3, 0.4) is 0 Å². The largest absolute Gasteiger partial charge is 0.412 e. The lowest BCUT2D eigenvalue weighted by Crippen LogP contribution is -1.92. The molecule has 0 spiro atoms. The molecular weight excluding hydrogens is 104 g/mol. The first-order valence-corrected chi connectivity index (χ1v) is 2.90. The average Bonchev–Trinajstić information content (AvgIpc) is 2.17. The molecule has 1 saturated heterocycles. The maximum Gasteiger partial charge on any atom is 0.0812 e. The lowest BCUT2D eigenvalue weighted by molar-refractivity contribution is 0.370. The molecule has 0 bridgehead atoms. The number of ether oxygens (including phenoxy) is 1. The summed E-state index contributed by atoms with van der Waals surface area (Å²) in [4.78, 5) is 0. The van der Waals surface area contributed by atoms with E-state index in [0.717, 1.165) is 12.5 Å². The smallest absolute Gasteiger partial charge is 0.0812 e. The molecule has 1 aliphatic heterocycles. The van der Waals surface area contributed by atoms with Gasteiger partial charge in [0.2, 0.25) is 0 Å². The van der Waals surface area contributed by atoms with E-state index in [9.17, 15) is 0 Å². The number of hydrogen-bond acceptors (Lipinski definition) is 1. The third kappa shape index (κ3) is 2.99. The zero-order valence-corrected chi connectivity index (χ0v) is 5.48. The topological polar surface area (TPSA) is 44.0 Å². The van der Waals surface area contributed by atoms with Crippen LogP contribution in [0.5, 0.6) is 0 Å². The molecule has 2 heteroatoms. The van der Waals surface area contributed by atoms with Gasteiger partial charge in [-0.1, -0.05) is 13.8 Å². The number of rotatable bonds is 2. The second-order valence-corrected chi connectivity index (χ2v) is 2.58. The van der Waals surface area contributed by atoms with Gasteiger partial charge in [-0.15, -0.1) is 0 Å². The van der Waals surface area contributed by atoms with E-state index in [2.05, 4.69) is 13.8 Å². The Labute approximate surface area is 50.2 Å². The van der Waals surface area contributed by atoms with E-state index in [0.29, 0.717) is 6.10 Å². The minimum absolute atomic E-state index is 0. The SMILES string of the molecule is CC(C)CC1CO1.O. The predicted octanol–water partition coefficient (Wildman–Crippen LogP) is 0.607. The van der Waals surface area contributed by atoms with Gasteiger partial charge in [-0.25, -0.2) is 0 Å². The minimum atomic E-state index is 0. The summed E-state index contributed by atoms with van der Waals surface area (Å²) >= 11 is 0. The number of hydrogen-bond donors (Lipinski definition) is 0. The Morgan fingerprint density at radius 2 is 2.12 bits per heavy atom. The van der Waals surface area contributed by atoms with Gasteiger partial charge < -0.3 is 10.2 Å². The molecule has 0 aromatic carbocycles. The van der Waals surface area contributed by atoms with E-state index in [1.165, 1.54) is 6.42 Å². The molecule has 1 heterocycles. The van der Waals surface area contributed by atoms with Crippen molar-refractivity contribution >= 4 is 0 Å². The van der Waals surface area contributed by atoms with Crippen molar-refractivity contribution < 1.29 is 10.2 Å². The van der Waals surface area contributed by atoms with E-state index < -0.39 is 0 Å². The van der Waals surface area contributed by atoms with Crippen molar-refractivity contribution in [3.8, 4) is 0 Å². The normalized spacial score (nSPS) is 25.1. The quantitative estimate of drug-likeness (QED) is 0.490. The molecule has 0 aliphatic carbocycles. The monoisotopic (exact) mass is 118 g/mol. The Hall–Kier alpha value is -0.0800. The zero-order chi connectivity index (χ0) is 5.28. The summed E-state index contributed by atoms with van der Waals surface area (Å²) < 4.78 is 5.02. The first-order chi connectivity index (χ1) is 3.29. The first kappa shape index (κ1) is 7.92. The van der Waals surface area contributed by atoms with Crippen molar-refractivity contribution in [1.82, 2.24) is 0 Å². The van der Waals surface area contributed by atoms with Gasteiger partial charge in [0.05, 0.1) is 12.7 Å². The molecule has 1 rings (SSSR count). The summed E-state index contributed by atoms with van der Waals surface area (Å²) in [5.41, 5.74) is 0. The van der Waals surface area contributed by atoms with Gasteiger partial charge in [-0.3, -0.25) is 0 Å². The van der Waals surface area contributed by atoms with E-state index in [-0.39, 0.29) is 5.48 Å². The molecule has 2 nitrogen and oxygen atoms in total. The summed E-state index contributed by atoms with van der Waals surface area (Å²) in [5.74, 6) is 0.812. The summed E-state index contributed by atoms with van der Waals surface area (Å²) in [6.07, 6.45) is 1.87. The van der Waals surface area contributed by atoms with Crippen LogP contribution in [0.15, 0.2) is 0 Å². The molecular formula is C6H14O2. The van der Waals surface area contributed by atoms with Gasteiger partial charge >= 0.3 is 0 Å². The molecule has 2 N–H and O–H groups in total. The summed E-state index contributed by atoms with van der Waals surface area (Å²) in [6.45, 7) is 5.46. The van der Waals surface area contributed by atoms with E-state index in [1.807, 2.05) is 0 Å². The Balaban J connectivity index is 0.000000490. The second-order valence-electron chi connectivity index (χ2n) is 2.58. The molecule has 8 heavy (non-hydrogen) atoms. The van der Waals surface area contributed by atoms with Crippen LogP contribution in [0.2, 0.25) is 0 Å². The van der Waals surface area contributed by atoms with Gasteiger partial charge in [0.1, 0.15) is 0 Å². The highest BCUT2D eigenvalue weighted by molar-refractivity contribution is 4.69. The van der Waals surface area contributed by atoms with Crippen molar-refractivity contribution in [1.29, 1.82) is 0 Å². The maximum atomic E-state index is 5.02. The van der Waals surface area contributed by atoms with Crippen molar-refractivity contribution in [3.05, 3.63) is 0 Å². The predicted molar refractivity (Wildman–Crippen MR) is 32.8 cm³/mol. The van der Waals surface area contributed by atoms with Gasteiger partial charge in [-0.2, -0.15) is 0 Å². The van der Waals surface area contributed by atoms with Crippen molar-refractivity contribution in [2.45, 2.75) is 26.4 Å². The zero-order valence-electron chi connectivity index (χ0n) is 5.48. The summed E-state index contributed by atoms with van der Waals surface area (Å²) in [6, 6.07) is 0. The van der Waals surface area contributed by atoms with Crippen LogP contribution in [0.1, 0.15) is 20.3 Å². The fourth-order valence-electron chi connectivity index (χ4n) is 0.730. The van der Waals surface area contributed by atoms with Crippen LogP contribution in [0.4, 0.5) is 0 Å². The summed E-state index contributed by atoms with van der Waals surface area (Å²) in [5, 5.41) is 0. The third-order valence-electron chi connectivity index (χ3n) is 1.14. The Morgan fingerprint density at radius 1 is 1.62 bits per heavy atom. The van der Waals surface area contributed by atoms with E-state index in [4.69, 9.17) is 4.74 Å².